The van der Waals surface area contributed by atoms with Gasteiger partial charge in [0.1, 0.15) is 11.5 Å². The van der Waals surface area contributed by atoms with Gasteiger partial charge in [0.15, 0.2) is 0 Å². The van der Waals surface area contributed by atoms with Crippen LogP contribution >= 0.6 is 69.5 Å². The monoisotopic (exact) mass is 900 g/mol. The van der Waals surface area contributed by atoms with Gasteiger partial charge in [0.25, 0.3) is 19.1 Å². The highest BCUT2D eigenvalue weighted by Gasteiger charge is 2.25. The van der Waals surface area contributed by atoms with Gasteiger partial charge in [-0.25, -0.2) is 31.6 Å². The van der Waals surface area contributed by atoms with Crippen molar-refractivity contribution < 1.29 is 26.3 Å². The Bertz CT molecular complexity index is 1770. The van der Waals surface area contributed by atoms with Crippen LogP contribution in [0, 0.1) is 11.8 Å². The molecule has 3 N–H and O–H groups in total. The van der Waals surface area contributed by atoms with Crippen LogP contribution < -0.4 is 19.9 Å². The number of hydrazone groups is 2. The summed E-state index contributed by atoms with van der Waals surface area (Å²) >= 11 is 21.2. The number of aliphatic imine (C=N–C) groups is 2. The van der Waals surface area contributed by atoms with E-state index in [4.69, 9.17) is 72.3 Å². The van der Waals surface area contributed by atoms with Gasteiger partial charge in [-0.1, -0.05) is 37.0 Å². The van der Waals surface area contributed by atoms with Crippen molar-refractivity contribution in [1.29, 1.82) is 0 Å². The van der Waals surface area contributed by atoms with E-state index in [9.17, 15) is 16.8 Å². The van der Waals surface area contributed by atoms with E-state index in [1.54, 1.807) is 10.0 Å². The van der Waals surface area contributed by atoms with Crippen LogP contribution in [0.1, 0.15) is 40.5 Å². The molecule has 0 bridgehead atoms. The van der Waals surface area contributed by atoms with Crippen molar-refractivity contribution in [3.05, 3.63) is 46.4 Å². The molecular weight excluding hydrogens is 857 g/mol. The SMILES string of the molecule is CCN=C(N)N1CC(CC)C=N1.CCN=C(NS(=O)(=O)c1ccc(OC)c(Cl)c1)N1CC(CC)C=N1.COc1ccc(S(=O)(=O)Cl)cc1Cl.Cl.ClCCl. The molecule has 2 unspecified atom stereocenters. The maximum atomic E-state index is 12.6. The Labute approximate surface area is 343 Å². The summed E-state index contributed by atoms with van der Waals surface area (Å²) in [5.41, 5.74) is 5.67. The first-order valence-electron chi connectivity index (χ1n) is 15.8. The first-order chi connectivity index (χ1) is 24.5. The predicted octanol–water partition coefficient (Wildman–Crippen LogP) is 7.10. The maximum Gasteiger partial charge on any atom is 0.264 e. The van der Waals surface area contributed by atoms with Crippen LogP contribution in [0.25, 0.3) is 0 Å². The van der Waals surface area contributed by atoms with Crippen molar-refractivity contribution in [2.45, 2.75) is 50.3 Å². The number of sulfonamides is 1. The van der Waals surface area contributed by atoms with Crippen LogP contribution in [0.4, 0.5) is 0 Å². The van der Waals surface area contributed by atoms with E-state index < -0.39 is 19.1 Å². The number of alkyl halides is 2. The second-order valence-corrected chi connectivity index (χ2v) is 16.3. The fourth-order valence-corrected chi connectivity index (χ4v) is 6.57. The molecule has 2 aliphatic heterocycles. The smallest absolute Gasteiger partial charge is 0.264 e. The van der Waals surface area contributed by atoms with Crippen molar-refractivity contribution in [1.82, 2.24) is 14.7 Å². The van der Waals surface area contributed by atoms with Crippen LogP contribution in [0.2, 0.25) is 10.0 Å². The molecule has 0 aromatic heterocycles. The van der Waals surface area contributed by atoms with E-state index in [-0.39, 0.29) is 49.5 Å². The van der Waals surface area contributed by atoms with Crippen molar-refractivity contribution in [2.24, 2.45) is 37.8 Å². The lowest BCUT2D eigenvalue weighted by Gasteiger charge is -2.19. The first-order valence-corrected chi connectivity index (χ1v) is 21.4. The zero-order valence-corrected chi connectivity index (χ0v) is 36.3. The van der Waals surface area contributed by atoms with E-state index in [1.165, 1.54) is 50.6 Å². The molecule has 0 spiro atoms. The fourth-order valence-electron chi connectivity index (χ4n) is 4.10. The van der Waals surface area contributed by atoms with Gasteiger partial charge in [-0.05, 0) is 63.1 Å². The number of nitrogens with zero attached hydrogens (tertiary/aromatic N) is 6. The highest BCUT2D eigenvalue weighted by molar-refractivity contribution is 8.13. The zero-order chi connectivity index (χ0) is 39.5. The fraction of sp³-hybridized carbons (Fsp3) is 0.484. The molecule has 4 rings (SSSR count). The summed E-state index contributed by atoms with van der Waals surface area (Å²) < 4.78 is 59.3. The summed E-state index contributed by atoms with van der Waals surface area (Å²) in [6.45, 7) is 10.6. The van der Waals surface area contributed by atoms with Crippen LogP contribution in [-0.2, 0) is 19.1 Å². The standard InChI is InChI=1S/C15H21ClN4O3S.C8H16N4.C7H6Cl2O3S.CH2Cl2.ClH/c1-4-11-9-18-20(10-11)15(17-5-2)19-24(21,22)12-6-7-14(23-3)13(16)8-12;1-3-7-5-11-12(6-7)8(9)10-4-2;1-12-7-3-2-5(4-6(7)8)13(9,10)11;2-1-3;/h6-9,11H,4-5,10H2,1-3H3,(H,17,19);5,7H,3-4,6H2,1-2H3,(H2,9,10);2-4H,1H3;1H2;1H. The average molecular weight is 904 g/mol. The van der Waals surface area contributed by atoms with Gasteiger partial charge in [0.05, 0.1) is 52.5 Å². The lowest BCUT2D eigenvalue weighted by atomic mass is 10.1. The molecule has 2 heterocycles. The number of hydrogen-bond acceptors (Lipinski definition) is 10. The lowest BCUT2D eigenvalue weighted by molar-refractivity contribution is 0.414. The van der Waals surface area contributed by atoms with Crippen molar-refractivity contribution in [3.8, 4) is 11.5 Å². The molecule has 2 aromatic rings. The molecule has 0 aliphatic carbocycles. The number of halogens is 6. The second kappa shape index (κ2) is 25.6. The van der Waals surface area contributed by atoms with Gasteiger partial charge >= 0.3 is 0 Å². The number of guanidine groups is 2. The zero-order valence-electron chi connectivity index (χ0n) is 30.0. The van der Waals surface area contributed by atoms with E-state index in [1.807, 2.05) is 26.3 Å². The Morgan fingerprint density at radius 2 is 1.26 bits per heavy atom. The summed E-state index contributed by atoms with van der Waals surface area (Å²) in [4.78, 5) is 8.30. The van der Waals surface area contributed by atoms with Gasteiger partial charge in [0, 0.05) is 48.0 Å². The number of nitrogens with one attached hydrogen (secondary N) is 1. The molecule has 2 atom stereocenters. The van der Waals surface area contributed by atoms with E-state index in [2.05, 4.69) is 38.8 Å². The molecule has 0 saturated heterocycles. The van der Waals surface area contributed by atoms with Gasteiger partial charge in [-0.2, -0.15) is 10.2 Å². The summed E-state index contributed by atoms with van der Waals surface area (Å²) in [5.74, 6) is 2.38. The minimum Gasteiger partial charge on any atom is -0.495 e. The summed E-state index contributed by atoms with van der Waals surface area (Å²) in [6, 6.07) is 8.29. The Kier molecular flexibility index (Phi) is 24.4. The number of methoxy groups -OCH3 is 2. The van der Waals surface area contributed by atoms with Crippen molar-refractivity contribution >= 4 is 113 Å². The lowest BCUT2D eigenvalue weighted by Crippen LogP contribution is -2.41. The average Bonchev–Trinajstić information content (AvgIpc) is 3.79. The molecule has 22 heteroatoms. The summed E-state index contributed by atoms with van der Waals surface area (Å²) in [6.07, 6.45) is 5.79. The highest BCUT2D eigenvalue weighted by Crippen LogP contribution is 2.29. The van der Waals surface area contributed by atoms with Crippen LogP contribution in [0.5, 0.6) is 11.5 Å². The number of rotatable bonds is 9. The number of ether oxygens (including phenoxy) is 2. The van der Waals surface area contributed by atoms with Crippen LogP contribution in [0.3, 0.4) is 0 Å². The highest BCUT2D eigenvalue weighted by atomic mass is 35.7. The molecule has 2 aromatic carbocycles. The van der Waals surface area contributed by atoms with Crippen molar-refractivity contribution in [2.75, 3.05) is 45.7 Å². The van der Waals surface area contributed by atoms with Gasteiger partial charge in [-0.15, -0.1) is 35.6 Å². The minimum absolute atomic E-state index is 0. The summed E-state index contributed by atoms with van der Waals surface area (Å²) in [5, 5.41) is 12.4. The third-order valence-electron chi connectivity index (χ3n) is 6.90. The summed E-state index contributed by atoms with van der Waals surface area (Å²) in [7, 11) is 0.462. The third-order valence-corrected chi connectivity index (χ3v) is 10.2. The van der Waals surface area contributed by atoms with E-state index in [0.29, 0.717) is 43.0 Å². The number of nitrogens with two attached hydrogens (primary N) is 1. The molecule has 0 fully saturated rings. The molecule has 14 nitrogen and oxygen atoms in total. The minimum atomic E-state index is -3.83. The molecule has 53 heavy (non-hydrogen) atoms. The molecule has 0 amide bonds. The van der Waals surface area contributed by atoms with Gasteiger partial charge < -0.3 is 15.2 Å². The maximum absolute atomic E-state index is 12.6. The molecule has 2 aliphatic rings. The topological polar surface area (TPSA) is 181 Å². The normalized spacial score (nSPS) is 16.7. The molecule has 0 saturated carbocycles. The second-order valence-electron chi connectivity index (χ2n) is 10.4. The predicted molar refractivity (Wildman–Crippen MR) is 221 cm³/mol. The Morgan fingerprint density at radius 3 is 1.66 bits per heavy atom. The third kappa shape index (κ3) is 17.3. The largest absolute Gasteiger partial charge is 0.495 e. The number of hydrogen-bond donors (Lipinski definition) is 2. The Hall–Kier alpha value is -2.44. The van der Waals surface area contributed by atoms with Crippen molar-refractivity contribution in [3.63, 3.8) is 0 Å². The number of benzene rings is 2. The van der Waals surface area contributed by atoms with Crippen LogP contribution in [0.15, 0.2) is 66.4 Å². The quantitative estimate of drug-likeness (QED) is 0.115. The van der Waals surface area contributed by atoms with Gasteiger partial charge in [-0.3, -0.25) is 9.98 Å². The van der Waals surface area contributed by atoms with E-state index >= 15 is 0 Å². The molecular formula is C31H46Cl6N8O6S2. The van der Waals surface area contributed by atoms with Crippen LogP contribution in [-0.4, -0.2) is 96.9 Å². The Morgan fingerprint density at radius 1 is 0.830 bits per heavy atom. The molecule has 300 valence electrons. The van der Waals surface area contributed by atoms with Gasteiger partial charge in [0.2, 0.25) is 11.9 Å². The first kappa shape index (κ1) is 50.6. The molecule has 0 radical (unpaired) electrons. The van der Waals surface area contributed by atoms with E-state index in [0.717, 1.165) is 19.4 Å². The Balaban J connectivity index is 0.000000790.